The van der Waals surface area contributed by atoms with Crippen molar-refractivity contribution in [1.82, 2.24) is 14.9 Å². The second-order valence-electron chi connectivity index (χ2n) is 5.09. The number of hydrogen-bond donors (Lipinski definition) is 1. The second kappa shape index (κ2) is 5.60. The van der Waals surface area contributed by atoms with E-state index < -0.39 is 0 Å². The van der Waals surface area contributed by atoms with Gasteiger partial charge in [-0.1, -0.05) is 36.5 Å². The Morgan fingerprint density at radius 1 is 1.20 bits per heavy atom. The molecule has 1 N–H and O–H groups in total. The van der Waals surface area contributed by atoms with Crippen molar-refractivity contribution in [3.05, 3.63) is 45.8 Å². The zero-order valence-corrected chi connectivity index (χ0v) is 13.4. The third-order valence-electron chi connectivity index (χ3n) is 3.46. The summed E-state index contributed by atoms with van der Waals surface area (Å²) in [5.74, 6) is 0.391. The number of benzene rings is 1. The zero-order valence-electron chi connectivity index (χ0n) is 11.8. The summed E-state index contributed by atoms with van der Waals surface area (Å²) < 4.78 is 5.50. The summed E-state index contributed by atoms with van der Waals surface area (Å²) >= 11 is 3.29. The van der Waals surface area contributed by atoms with Gasteiger partial charge in [-0.2, -0.15) is 0 Å². The first-order chi connectivity index (χ1) is 9.72. The minimum absolute atomic E-state index is 0.162. The molecular weight excluding hydrogens is 286 g/mol. The van der Waals surface area contributed by atoms with E-state index in [9.17, 15) is 0 Å². The number of nitrogens with zero attached hydrogens (tertiary/aromatic N) is 2. The van der Waals surface area contributed by atoms with Crippen molar-refractivity contribution in [2.24, 2.45) is 0 Å². The van der Waals surface area contributed by atoms with Gasteiger partial charge in [-0.15, -0.1) is 16.4 Å². The van der Waals surface area contributed by atoms with Crippen LogP contribution in [0.25, 0.3) is 10.1 Å². The minimum atomic E-state index is 0.162. The van der Waals surface area contributed by atoms with Crippen LogP contribution in [0.3, 0.4) is 0 Å². The molecule has 3 aromatic rings. The lowest BCUT2D eigenvalue weighted by Crippen LogP contribution is -2.18. The maximum absolute atomic E-state index is 4.31. The van der Waals surface area contributed by atoms with E-state index in [2.05, 4.69) is 58.4 Å². The van der Waals surface area contributed by atoms with Crippen molar-refractivity contribution >= 4 is 33.0 Å². The fraction of sp³-hybridized carbons (Fsp3) is 0.333. The van der Waals surface area contributed by atoms with E-state index in [1.807, 2.05) is 7.05 Å². The van der Waals surface area contributed by atoms with Gasteiger partial charge in [-0.05, 0) is 46.9 Å². The summed E-state index contributed by atoms with van der Waals surface area (Å²) in [5.41, 5.74) is 2.41. The highest BCUT2D eigenvalue weighted by molar-refractivity contribution is 7.17. The van der Waals surface area contributed by atoms with Crippen LogP contribution >= 0.6 is 22.9 Å². The maximum atomic E-state index is 4.31. The van der Waals surface area contributed by atoms with E-state index in [4.69, 9.17) is 0 Å². The SMILES string of the molecule is CNC(c1snnc1C(C)C)c1cccc2ccsc12. The van der Waals surface area contributed by atoms with Crippen molar-refractivity contribution in [3.8, 4) is 0 Å². The minimum Gasteiger partial charge on any atom is -0.309 e. The average molecular weight is 303 g/mol. The molecule has 0 fully saturated rings. The molecule has 0 aliphatic rings. The summed E-state index contributed by atoms with van der Waals surface area (Å²) in [7, 11) is 2.00. The molecular formula is C15H17N3S2. The molecule has 0 saturated heterocycles. The Morgan fingerprint density at radius 2 is 2.05 bits per heavy atom. The molecule has 0 aliphatic carbocycles. The third-order valence-corrected chi connectivity index (χ3v) is 5.24. The Balaban J connectivity index is 2.14. The van der Waals surface area contributed by atoms with E-state index in [0.29, 0.717) is 5.92 Å². The molecule has 104 valence electrons. The normalized spacial score (nSPS) is 13.2. The van der Waals surface area contributed by atoms with Crippen LogP contribution in [0.15, 0.2) is 29.6 Å². The molecule has 0 radical (unpaired) electrons. The first kappa shape index (κ1) is 13.7. The Kier molecular flexibility index (Phi) is 3.83. The van der Waals surface area contributed by atoms with Crippen LogP contribution in [0, 0.1) is 0 Å². The molecule has 20 heavy (non-hydrogen) atoms. The molecule has 1 unspecified atom stereocenters. The highest BCUT2D eigenvalue weighted by atomic mass is 32.1. The number of hydrogen-bond acceptors (Lipinski definition) is 5. The molecule has 0 aliphatic heterocycles. The van der Waals surface area contributed by atoms with E-state index in [1.165, 1.54) is 32.1 Å². The molecule has 0 amide bonds. The largest absolute Gasteiger partial charge is 0.309 e. The number of rotatable bonds is 4. The maximum Gasteiger partial charge on any atom is 0.0832 e. The summed E-state index contributed by atoms with van der Waals surface area (Å²) in [6.45, 7) is 4.33. The van der Waals surface area contributed by atoms with Gasteiger partial charge in [0, 0.05) is 4.70 Å². The molecule has 2 aromatic heterocycles. The van der Waals surface area contributed by atoms with Gasteiger partial charge in [0.05, 0.1) is 16.6 Å². The Morgan fingerprint density at radius 3 is 2.80 bits per heavy atom. The predicted molar refractivity (Wildman–Crippen MR) is 86.7 cm³/mol. The van der Waals surface area contributed by atoms with Crippen molar-refractivity contribution < 1.29 is 0 Å². The van der Waals surface area contributed by atoms with E-state index in [0.717, 1.165) is 5.69 Å². The molecule has 3 nitrogen and oxygen atoms in total. The molecule has 0 saturated carbocycles. The smallest absolute Gasteiger partial charge is 0.0832 e. The van der Waals surface area contributed by atoms with Crippen LogP contribution in [0.2, 0.25) is 0 Å². The van der Waals surface area contributed by atoms with E-state index >= 15 is 0 Å². The van der Waals surface area contributed by atoms with Crippen molar-refractivity contribution in [1.29, 1.82) is 0 Å². The molecule has 1 atom stereocenters. The number of nitrogens with one attached hydrogen (secondary N) is 1. The highest BCUT2D eigenvalue weighted by Gasteiger charge is 2.23. The Hall–Kier alpha value is -1.30. The highest BCUT2D eigenvalue weighted by Crippen LogP contribution is 2.35. The van der Waals surface area contributed by atoms with E-state index in [-0.39, 0.29) is 6.04 Å². The fourth-order valence-electron chi connectivity index (χ4n) is 2.48. The zero-order chi connectivity index (χ0) is 14.1. The Bertz CT molecular complexity index is 715. The van der Waals surface area contributed by atoms with Crippen LogP contribution < -0.4 is 5.32 Å². The van der Waals surface area contributed by atoms with Gasteiger partial charge >= 0.3 is 0 Å². The summed E-state index contributed by atoms with van der Waals surface area (Å²) in [4.78, 5) is 1.23. The van der Waals surface area contributed by atoms with Gasteiger partial charge in [0.1, 0.15) is 0 Å². The van der Waals surface area contributed by atoms with Gasteiger partial charge in [0.25, 0.3) is 0 Å². The monoisotopic (exact) mass is 303 g/mol. The van der Waals surface area contributed by atoms with Crippen molar-refractivity contribution in [2.45, 2.75) is 25.8 Å². The molecule has 0 spiro atoms. The third kappa shape index (κ3) is 2.26. The number of thiophene rings is 1. The predicted octanol–water partition coefficient (Wildman–Crippen LogP) is 4.19. The molecule has 2 heterocycles. The lowest BCUT2D eigenvalue weighted by atomic mass is 9.99. The van der Waals surface area contributed by atoms with Gasteiger partial charge in [0.2, 0.25) is 0 Å². The molecule has 5 heteroatoms. The van der Waals surface area contributed by atoms with Crippen LogP contribution in [-0.4, -0.2) is 16.6 Å². The summed E-state index contributed by atoms with van der Waals surface area (Å²) in [6.07, 6.45) is 0. The van der Waals surface area contributed by atoms with Crippen LogP contribution in [-0.2, 0) is 0 Å². The van der Waals surface area contributed by atoms with Crippen molar-refractivity contribution in [2.75, 3.05) is 7.05 Å². The van der Waals surface area contributed by atoms with Gasteiger partial charge in [-0.3, -0.25) is 0 Å². The van der Waals surface area contributed by atoms with Crippen LogP contribution in [0.1, 0.15) is 41.9 Å². The molecule has 1 aromatic carbocycles. The first-order valence-corrected chi connectivity index (χ1v) is 8.33. The number of fused-ring (bicyclic) bond motifs is 1. The quantitative estimate of drug-likeness (QED) is 0.785. The van der Waals surface area contributed by atoms with Crippen LogP contribution in [0.5, 0.6) is 0 Å². The van der Waals surface area contributed by atoms with Crippen molar-refractivity contribution in [3.63, 3.8) is 0 Å². The average Bonchev–Trinajstić information content (AvgIpc) is 3.08. The first-order valence-electron chi connectivity index (χ1n) is 6.68. The van der Waals surface area contributed by atoms with Gasteiger partial charge in [-0.25, -0.2) is 0 Å². The Labute approximate surface area is 126 Å². The van der Waals surface area contributed by atoms with Crippen LogP contribution in [0.4, 0.5) is 0 Å². The second-order valence-corrected chi connectivity index (χ2v) is 6.79. The lowest BCUT2D eigenvalue weighted by Gasteiger charge is -2.17. The number of aromatic nitrogens is 2. The summed E-state index contributed by atoms with van der Waals surface area (Å²) in [5, 5.41) is 11.2. The van der Waals surface area contributed by atoms with Gasteiger partial charge < -0.3 is 5.32 Å². The molecule has 0 bridgehead atoms. The van der Waals surface area contributed by atoms with Gasteiger partial charge in [0.15, 0.2) is 0 Å². The standard InChI is InChI=1S/C15H17N3S2/c1-9(2)12-15(20-18-17-12)13(16-3)11-6-4-5-10-7-8-19-14(10)11/h4-9,13,16H,1-3H3. The summed E-state index contributed by atoms with van der Waals surface area (Å²) in [6, 6.07) is 8.82. The fourth-order valence-corrected chi connectivity index (χ4v) is 4.36. The lowest BCUT2D eigenvalue weighted by molar-refractivity contribution is 0.683. The van der Waals surface area contributed by atoms with E-state index in [1.54, 1.807) is 11.3 Å². The molecule has 3 rings (SSSR count). The topological polar surface area (TPSA) is 37.8 Å².